The molecule has 8 N–H and O–H groups in total. The minimum atomic E-state index is -4.89. The molecule has 0 amide bonds. The van der Waals surface area contributed by atoms with Crippen LogP contribution in [0.3, 0.4) is 0 Å². The highest BCUT2D eigenvalue weighted by molar-refractivity contribution is 7.45. The van der Waals surface area contributed by atoms with Crippen LogP contribution in [0.15, 0.2) is 0 Å². The maximum atomic E-state index is 11.9. The molecule has 15 heteroatoms. The smallest absolute Gasteiger partial charge is 0.268 e. The van der Waals surface area contributed by atoms with E-state index in [9.17, 15) is 35.0 Å². The summed E-state index contributed by atoms with van der Waals surface area (Å²) in [4.78, 5) is 11.9. The third kappa shape index (κ3) is 8.77. The lowest BCUT2D eigenvalue weighted by molar-refractivity contribution is -0.234. The molecule has 5 unspecified atom stereocenters. The number of ether oxygens (including phenoxy) is 3. The monoisotopic (exact) mass is 450 g/mol. The van der Waals surface area contributed by atoms with Crippen LogP contribution < -0.4 is 10.6 Å². The van der Waals surface area contributed by atoms with Crippen LogP contribution in [-0.4, -0.2) is 120 Å². The molecule has 0 aromatic rings. The largest absolute Gasteiger partial charge is 0.756 e. The fraction of sp³-hybridized carbons (Fsp3) is 1.00. The summed E-state index contributed by atoms with van der Waals surface area (Å²) in [5, 5.41) is 56.8. The van der Waals surface area contributed by atoms with Gasteiger partial charge in [-0.3, -0.25) is 4.57 Å². The van der Waals surface area contributed by atoms with Gasteiger partial charge >= 0.3 is 0 Å². The van der Waals surface area contributed by atoms with E-state index in [1.54, 1.807) is 0 Å². The molecule has 0 bridgehead atoms. The Morgan fingerprint density at radius 3 is 2.41 bits per heavy atom. The second kappa shape index (κ2) is 13.2. The minimum absolute atomic E-state index is 0.0639. The van der Waals surface area contributed by atoms with Gasteiger partial charge in [0.15, 0.2) is 6.29 Å². The van der Waals surface area contributed by atoms with Crippen LogP contribution in [0, 0.1) is 0 Å². The average Bonchev–Trinajstić information content (AvgIpc) is 2.99. The molecule has 1 aliphatic rings. The zero-order valence-electron chi connectivity index (χ0n) is 15.6. The highest BCUT2D eigenvalue weighted by Gasteiger charge is 2.47. The Morgan fingerprint density at radius 1 is 1.14 bits per heavy atom. The summed E-state index contributed by atoms with van der Waals surface area (Å²) < 4.78 is 36.4. The third-order valence-corrected chi connectivity index (χ3v) is 4.87. The fourth-order valence-electron chi connectivity index (χ4n) is 2.35. The van der Waals surface area contributed by atoms with E-state index >= 15 is 0 Å². The topological polar surface area (TPSA) is 234 Å². The van der Waals surface area contributed by atoms with Crippen molar-refractivity contribution in [1.29, 1.82) is 0 Å². The first-order chi connectivity index (χ1) is 13.7. The SMILES string of the molecule is NCCOCCOP(=O)([O-])O[C@@H]1C(O)[C@H](OCC(O)C(O)C(O)CO)O[C@@H]1CO. The molecule has 0 radical (unpaired) electrons. The van der Waals surface area contributed by atoms with Crippen molar-refractivity contribution in [3.63, 3.8) is 0 Å². The second-order valence-electron chi connectivity index (χ2n) is 6.11. The number of hydrogen-bond acceptors (Lipinski definition) is 14. The first kappa shape index (κ1) is 26.7. The molecule has 29 heavy (non-hydrogen) atoms. The first-order valence-corrected chi connectivity index (χ1v) is 10.3. The van der Waals surface area contributed by atoms with Crippen molar-refractivity contribution < 1.29 is 63.4 Å². The van der Waals surface area contributed by atoms with Crippen molar-refractivity contribution in [2.45, 2.75) is 42.9 Å². The molecular formula is C14H29NO13P-. The van der Waals surface area contributed by atoms with Gasteiger partial charge in [0.05, 0.1) is 39.6 Å². The van der Waals surface area contributed by atoms with E-state index in [4.69, 9.17) is 29.6 Å². The highest BCUT2D eigenvalue weighted by Crippen LogP contribution is 2.43. The Labute approximate surface area is 166 Å². The van der Waals surface area contributed by atoms with Crippen molar-refractivity contribution in [1.82, 2.24) is 0 Å². The molecule has 174 valence electrons. The number of phosphoric acid groups is 1. The fourth-order valence-corrected chi connectivity index (χ4v) is 3.27. The van der Waals surface area contributed by atoms with Gasteiger partial charge in [-0.2, -0.15) is 0 Å². The van der Waals surface area contributed by atoms with E-state index in [2.05, 4.69) is 4.52 Å². The normalized spacial score (nSPS) is 30.1. The Morgan fingerprint density at radius 2 is 1.83 bits per heavy atom. The van der Waals surface area contributed by atoms with E-state index < -0.39 is 70.6 Å². The molecule has 1 rings (SSSR count). The van der Waals surface area contributed by atoms with Crippen LogP contribution in [0.25, 0.3) is 0 Å². The van der Waals surface area contributed by atoms with E-state index in [-0.39, 0.29) is 26.4 Å². The molecule has 0 saturated carbocycles. The van der Waals surface area contributed by atoms with Crippen LogP contribution in [0.2, 0.25) is 0 Å². The van der Waals surface area contributed by atoms with Crippen molar-refractivity contribution in [2.24, 2.45) is 5.73 Å². The Hall–Kier alpha value is -0.290. The second-order valence-corrected chi connectivity index (χ2v) is 7.47. The van der Waals surface area contributed by atoms with Crippen LogP contribution in [0.5, 0.6) is 0 Å². The van der Waals surface area contributed by atoms with Crippen LogP contribution in [0.1, 0.15) is 0 Å². The molecule has 1 saturated heterocycles. The van der Waals surface area contributed by atoms with Crippen molar-refractivity contribution in [3.8, 4) is 0 Å². The van der Waals surface area contributed by atoms with Gasteiger partial charge in [0, 0.05) is 6.54 Å². The molecule has 14 nitrogen and oxygen atoms in total. The van der Waals surface area contributed by atoms with Gasteiger partial charge in [0.1, 0.15) is 36.6 Å². The van der Waals surface area contributed by atoms with Crippen LogP contribution in [0.4, 0.5) is 0 Å². The summed E-state index contributed by atoms with van der Waals surface area (Å²) in [5.74, 6) is 0. The number of hydrogen-bond donors (Lipinski definition) is 7. The zero-order chi connectivity index (χ0) is 22.0. The molecule has 1 aliphatic heterocycles. The van der Waals surface area contributed by atoms with Crippen LogP contribution >= 0.6 is 7.82 Å². The molecule has 0 aliphatic carbocycles. The Kier molecular flexibility index (Phi) is 12.2. The lowest BCUT2D eigenvalue weighted by Crippen LogP contribution is -2.43. The summed E-state index contributed by atoms with van der Waals surface area (Å²) in [7, 11) is -4.89. The molecule has 8 atom stereocenters. The van der Waals surface area contributed by atoms with Crippen molar-refractivity contribution >= 4 is 7.82 Å². The molecule has 1 fully saturated rings. The maximum absolute atomic E-state index is 11.9. The van der Waals surface area contributed by atoms with Crippen molar-refractivity contribution in [3.05, 3.63) is 0 Å². The van der Waals surface area contributed by atoms with Crippen LogP contribution in [-0.2, 0) is 27.8 Å². The zero-order valence-corrected chi connectivity index (χ0v) is 16.5. The summed E-state index contributed by atoms with van der Waals surface area (Å²) in [6.45, 7) is -2.13. The minimum Gasteiger partial charge on any atom is -0.756 e. The molecule has 0 spiro atoms. The predicted octanol–water partition coefficient (Wildman–Crippen LogP) is -5.00. The summed E-state index contributed by atoms with van der Waals surface area (Å²) >= 11 is 0. The van der Waals surface area contributed by atoms with E-state index in [1.807, 2.05) is 0 Å². The third-order valence-electron chi connectivity index (χ3n) is 3.87. The van der Waals surface area contributed by atoms with Gasteiger partial charge in [0.25, 0.3) is 7.82 Å². The molecule has 0 aromatic heterocycles. The molecule has 0 aromatic carbocycles. The lowest BCUT2D eigenvalue weighted by atomic mass is 10.1. The van der Waals surface area contributed by atoms with E-state index in [0.29, 0.717) is 0 Å². The van der Waals surface area contributed by atoms with E-state index in [1.165, 1.54) is 0 Å². The van der Waals surface area contributed by atoms with Gasteiger partial charge in [-0.05, 0) is 0 Å². The van der Waals surface area contributed by atoms with Gasteiger partial charge < -0.3 is 64.5 Å². The van der Waals surface area contributed by atoms with E-state index in [0.717, 1.165) is 0 Å². The summed E-state index contributed by atoms with van der Waals surface area (Å²) in [5.41, 5.74) is 5.21. The molecule has 1 heterocycles. The summed E-state index contributed by atoms with van der Waals surface area (Å²) in [6.07, 6.45) is -11.1. The summed E-state index contributed by atoms with van der Waals surface area (Å²) in [6, 6.07) is 0. The maximum Gasteiger partial charge on any atom is 0.268 e. The van der Waals surface area contributed by atoms with Gasteiger partial charge in [-0.15, -0.1) is 0 Å². The number of aliphatic hydroxyl groups excluding tert-OH is 6. The average molecular weight is 450 g/mol. The van der Waals surface area contributed by atoms with Gasteiger partial charge in [0.2, 0.25) is 0 Å². The highest BCUT2D eigenvalue weighted by atomic mass is 31.2. The Bertz CT molecular complexity index is 500. The number of phosphoric ester groups is 1. The quantitative estimate of drug-likeness (QED) is 0.0914. The standard InChI is InChI=1S/C14H30NO13P/c15-1-2-24-3-4-26-29(22,23)28-13-10(6-17)27-14(12(13)21)25-7-9(19)11(20)8(18)5-16/h8-14,16-21H,1-7,15H2,(H,22,23)/p-1/t8?,9?,10-,11?,12?,13+,14-/m1/s1. The number of aliphatic hydroxyl groups is 6. The van der Waals surface area contributed by atoms with Crippen molar-refractivity contribution in [2.75, 3.05) is 46.2 Å². The van der Waals surface area contributed by atoms with Gasteiger partial charge in [-0.1, -0.05) is 0 Å². The Balaban J connectivity index is 2.56. The van der Waals surface area contributed by atoms with Gasteiger partial charge in [-0.25, -0.2) is 0 Å². The predicted molar refractivity (Wildman–Crippen MR) is 91.1 cm³/mol. The number of nitrogens with two attached hydrogens (primary N) is 1. The lowest BCUT2D eigenvalue weighted by Gasteiger charge is -2.29. The first-order valence-electron chi connectivity index (χ1n) is 8.79. The number of rotatable bonds is 15. The molecular weight excluding hydrogens is 421 g/mol.